The van der Waals surface area contributed by atoms with Crippen molar-refractivity contribution in [2.45, 2.75) is 51.7 Å². The summed E-state index contributed by atoms with van der Waals surface area (Å²) in [5.74, 6) is 1.76. The van der Waals surface area contributed by atoms with E-state index in [0.29, 0.717) is 0 Å². The Morgan fingerprint density at radius 3 is 2.55 bits per heavy atom. The van der Waals surface area contributed by atoms with Crippen molar-refractivity contribution >= 4 is 36.0 Å². The maximum absolute atomic E-state index is 11.8. The quantitative estimate of drug-likeness (QED) is 0.414. The largest absolute Gasteiger partial charge is 0.444 e. The Hall–Kier alpha value is -0.730. The molecule has 2 rings (SSSR count). The Kier molecular flexibility index (Phi) is 7.21. The Morgan fingerprint density at radius 1 is 1.32 bits per heavy atom. The zero-order valence-electron chi connectivity index (χ0n) is 14.0. The SMILES string of the molecule is CN=C(NCC1CC1)N1CCC(NC(=O)OC(C)(C)C)C1.I. The molecule has 1 saturated carbocycles. The van der Waals surface area contributed by atoms with Crippen LogP contribution in [0.25, 0.3) is 0 Å². The minimum Gasteiger partial charge on any atom is -0.444 e. The van der Waals surface area contributed by atoms with E-state index in [9.17, 15) is 4.79 Å². The Labute approximate surface area is 150 Å². The highest BCUT2D eigenvalue weighted by Crippen LogP contribution is 2.27. The lowest BCUT2D eigenvalue weighted by Gasteiger charge is -2.23. The third kappa shape index (κ3) is 6.58. The number of halogens is 1. The number of aliphatic imine (C=N–C) groups is 1. The van der Waals surface area contributed by atoms with Gasteiger partial charge in [0.05, 0.1) is 6.04 Å². The van der Waals surface area contributed by atoms with Crippen LogP contribution in [-0.2, 0) is 4.74 Å². The van der Waals surface area contributed by atoms with Crippen LogP contribution in [0.2, 0.25) is 0 Å². The summed E-state index contributed by atoms with van der Waals surface area (Å²) in [6, 6.07) is 0.124. The van der Waals surface area contributed by atoms with Crippen LogP contribution >= 0.6 is 24.0 Å². The third-order valence-corrected chi connectivity index (χ3v) is 3.67. The number of rotatable bonds is 3. The molecule has 7 heteroatoms. The average Bonchev–Trinajstić information content (AvgIpc) is 3.08. The molecule has 1 unspecified atom stereocenters. The summed E-state index contributed by atoms with van der Waals surface area (Å²) in [6.07, 6.45) is 3.23. The molecule has 1 saturated heterocycles. The first-order valence-corrected chi connectivity index (χ1v) is 7.82. The molecule has 0 bridgehead atoms. The lowest BCUT2D eigenvalue weighted by molar-refractivity contribution is 0.0507. The topological polar surface area (TPSA) is 66.0 Å². The van der Waals surface area contributed by atoms with Crippen molar-refractivity contribution < 1.29 is 9.53 Å². The van der Waals surface area contributed by atoms with Gasteiger partial charge in [0.25, 0.3) is 0 Å². The highest BCUT2D eigenvalue weighted by Gasteiger charge is 2.29. The summed E-state index contributed by atoms with van der Waals surface area (Å²) in [4.78, 5) is 18.3. The number of alkyl carbamates (subject to hydrolysis) is 1. The summed E-state index contributed by atoms with van der Waals surface area (Å²) >= 11 is 0. The fourth-order valence-corrected chi connectivity index (χ4v) is 2.43. The second kappa shape index (κ2) is 8.21. The molecule has 0 spiro atoms. The second-order valence-electron chi connectivity index (χ2n) is 6.95. The van der Waals surface area contributed by atoms with Gasteiger partial charge >= 0.3 is 6.09 Å². The molecule has 2 aliphatic rings. The van der Waals surface area contributed by atoms with Gasteiger partial charge in [-0.2, -0.15) is 0 Å². The molecule has 0 radical (unpaired) electrons. The minimum absolute atomic E-state index is 0. The Balaban J connectivity index is 0.00000242. The number of amides is 1. The van der Waals surface area contributed by atoms with Crippen LogP contribution in [0.1, 0.15) is 40.0 Å². The smallest absolute Gasteiger partial charge is 0.407 e. The van der Waals surface area contributed by atoms with Crippen molar-refractivity contribution in [1.29, 1.82) is 0 Å². The molecule has 2 fully saturated rings. The molecule has 6 nitrogen and oxygen atoms in total. The molecule has 128 valence electrons. The second-order valence-corrected chi connectivity index (χ2v) is 6.95. The maximum atomic E-state index is 11.8. The first-order chi connectivity index (χ1) is 9.87. The van der Waals surface area contributed by atoms with Crippen LogP contribution in [0, 0.1) is 5.92 Å². The number of hydrogen-bond acceptors (Lipinski definition) is 3. The fraction of sp³-hybridized carbons (Fsp3) is 0.867. The van der Waals surface area contributed by atoms with Gasteiger partial charge in [-0.05, 0) is 46.0 Å². The van der Waals surface area contributed by atoms with Gasteiger partial charge in [-0.1, -0.05) is 0 Å². The normalized spacial score (nSPS) is 22.1. The van der Waals surface area contributed by atoms with E-state index in [-0.39, 0.29) is 36.1 Å². The molecule has 0 aromatic rings. The highest BCUT2D eigenvalue weighted by atomic mass is 127. The summed E-state index contributed by atoms with van der Waals surface area (Å²) < 4.78 is 5.29. The number of nitrogens with one attached hydrogen (secondary N) is 2. The zero-order chi connectivity index (χ0) is 15.5. The predicted octanol–water partition coefficient (Wildman–Crippen LogP) is 2.19. The average molecular weight is 424 g/mol. The van der Waals surface area contributed by atoms with E-state index >= 15 is 0 Å². The first kappa shape index (κ1) is 19.3. The van der Waals surface area contributed by atoms with Crippen molar-refractivity contribution in [3.63, 3.8) is 0 Å². The molecule has 22 heavy (non-hydrogen) atoms. The molecule has 0 aromatic heterocycles. The van der Waals surface area contributed by atoms with Crippen molar-refractivity contribution in [3.8, 4) is 0 Å². The van der Waals surface area contributed by atoms with E-state index in [0.717, 1.165) is 37.9 Å². The highest BCUT2D eigenvalue weighted by molar-refractivity contribution is 14.0. The first-order valence-electron chi connectivity index (χ1n) is 7.82. The maximum Gasteiger partial charge on any atom is 0.407 e. The van der Waals surface area contributed by atoms with Crippen LogP contribution < -0.4 is 10.6 Å². The van der Waals surface area contributed by atoms with Gasteiger partial charge in [0.2, 0.25) is 0 Å². The summed E-state index contributed by atoms with van der Waals surface area (Å²) in [7, 11) is 1.81. The lowest BCUT2D eigenvalue weighted by Crippen LogP contribution is -2.44. The van der Waals surface area contributed by atoms with E-state index in [2.05, 4.69) is 20.5 Å². The van der Waals surface area contributed by atoms with Crippen molar-refractivity contribution in [2.24, 2.45) is 10.9 Å². The molecule has 0 aromatic carbocycles. The molecule has 1 amide bonds. The number of carbonyl (C=O) groups excluding carboxylic acids is 1. The Bertz CT molecular complexity index is 405. The van der Waals surface area contributed by atoms with Crippen molar-refractivity contribution in [3.05, 3.63) is 0 Å². The van der Waals surface area contributed by atoms with E-state index < -0.39 is 5.60 Å². The third-order valence-electron chi connectivity index (χ3n) is 3.67. The molecule has 1 atom stereocenters. The van der Waals surface area contributed by atoms with Gasteiger partial charge < -0.3 is 20.3 Å². The van der Waals surface area contributed by atoms with Crippen LogP contribution in [0.3, 0.4) is 0 Å². The van der Waals surface area contributed by atoms with E-state index in [1.807, 2.05) is 27.8 Å². The van der Waals surface area contributed by atoms with Gasteiger partial charge in [0.1, 0.15) is 5.60 Å². The molecule has 2 N–H and O–H groups in total. The number of hydrogen-bond donors (Lipinski definition) is 2. The van der Waals surface area contributed by atoms with Gasteiger partial charge in [0, 0.05) is 26.7 Å². The molecular weight excluding hydrogens is 395 g/mol. The number of carbonyl (C=O) groups is 1. The van der Waals surface area contributed by atoms with Crippen LogP contribution in [0.15, 0.2) is 4.99 Å². The lowest BCUT2D eigenvalue weighted by atomic mass is 10.2. The van der Waals surface area contributed by atoms with Crippen LogP contribution in [0.5, 0.6) is 0 Å². The standard InChI is InChI=1S/C15H28N4O2.HI/c1-15(2,3)21-14(20)18-12-7-8-19(10-12)13(16-4)17-9-11-5-6-11;/h11-12H,5-10H2,1-4H3,(H,16,17)(H,18,20);1H. The van der Waals surface area contributed by atoms with Crippen molar-refractivity contribution in [2.75, 3.05) is 26.7 Å². The minimum atomic E-state index is -0.454. The number of guanidine groups is 1. The molecule has 1 aliphatic carbocycles. The summed E-state index contributed by atoms with van der Waals surface area (Å²) in [6.45, 7) is 8.31. The zero-order valence-corrected chi connectivity index (χ0v) is 16.3. The molecule has 1 aliphatic heterocycles. The van der Waals surface area contributed by atoms with Crippen LogP contribution in [0.4, 0.5) is 4.79 Å². The molecular formula is C15H29IN4O2. The Morgan fingerprint density at radius 2 is 2.00 bits per heavy atom. The fourth-order valence-electron chi connectivity index (χ4n) is 2.43. The van der Waals surface area contributed by atoms with Crippen LogP contribution in [-0.4, -0.2) is 55.3 Å². The number of nitrogens with zero attached hydrogens (tertiary/aromatic N) is 2. The molecule has 1 heterocycles. The van der Waals surface area contributed by atoms with Gasteiger partial charge in [-0.3, -0.25) is 4.99 Å². The van der Waals surface area contributed by atoms with Gasteiger partial charge in [-0.15, -0.1) is 24.0 Å². The predicted molar refractivity (Wildman–Crippen MR) is 98.8 cm³/mol. The van der Waals surface area contributed by atoms with E-state index in [1.54, 1.807) is 0 Å². The number of likely N-dealkylation sites (tertiary alicyclic amines) is 1. The van der Waals surface area contributed by atoms with Gasteiger partial charge in [0.15, 0.2) is 5.96 Å². The van der Waals surface area contributed by atoms with E-state index in [1.165, 1.54) is 12.8 Å². The number of ether oxygens (including phenoxy) is 1. The van der Waals surface area contributed by atoms with Crippen molar-refractivity contribution in [1.82, 2.24) is 15.5 Å². The van der Waals surface area contributed by atoms with E-state index in [4.69, 9.17) is 4.74 Å². The summed E-state index contributed by atoms with van der Waals surface area (Å²) in [5.41, 5.74) is -0.454. The van der Waals surface area contributed by atoms with Gasteiger partial charge in [-0.25, -0.2) is 4.79 Å². The summed E-state index contributed by atoms with van der Waals surface area (Å²) in [5, 5.41) is 6.35. The monoisotopic (exact) mass is 424 g/mol.